The van der Waals surface area contributed by atoms with Crippen molar-refractivity contribution in [3.8, 4) is 5.75 Å². The highest BCUT2D eigenvalue weighted by Crippen LogP contribution is 2.25. The van der Waals surface area contributed by atoms with Crippen molar-refractivity contribution >= 4 is 35.2 Å². The van der Waals surface area contributed by atoms with Gasteiger partial charge in [0.1, 0.15) is 5.75 Å². The molecule has 2 amide bonds. The molecule has 0 saturated heterocycles. The monoisotopic (exact) mass is 394 g/mol. The van der Waals surface area contributed by atoms with Gasteiger partial charge in [0.25, 0.3) is 11.8 Å². The Bertz CT molecular complexity index is 801. The Hall–Kier alpha value is -2.24. The summed E-state index contributed by atoms with van der Waals surface area (Å²) in [6.07, 6.45) is 0. The van der Waals surface area contributed by atoms with Crippen LogP contribution in [0.4, 0.5) is 0 Å². The number of hydrazine groups is 1. The SMILES string of the molecule is COc1cccc(C(=O)N(N(Cl)C(=O)c2ccc(Cl)cc2)C(C)(C)C)c1. The van der Waals surface area contributed by atoms with Crippen LogP contribution < -0.4 is 4.74 Å². The number of halogens is 2. The van der Waals surface area contributed by atoms with Crippen LogP contribution >= 0.6 is 23.4 Å². The smallest absolute Gasteiger partial charge is 0.287 e. The lowest BCUT2D eigenvalue weighted by atomic mass is 10.1. The van der Waals surface area contributed by atoms with E-state index in [1.54, 1.807) is 69.3 Å². The van der Waals surface area contributed by atoms with Crippen LogP contribution in [0.1, 0.15) is 41.5 Å². The third-order valence-electron chi connectivity index (χ3n) is 3.58. The Morgan fingerprint density at radius 2 is 1.58 bits per heavy atom. The Labute approximate surface area is 163 Å². The fourth-order valence-corrected chi connectivity index (χ4v) is 2.83. The molecule has 0 N–H and O–H groups in total. The minimum Gasteiger partial charge on any atom is -0.497 e. The number of carbonyl (C=O) groups excluding carboxylic acids is 2. The second-order valence-electron chi connectivity index (χ2n) is 6.59. The number of hydrogen-bond donors (Lipinski definition) is 0. The minimum atomic E-state index is -0.746. The number of amides is 2. The van der Waals surface area contributed by atoms with Crippen molar-refractivity contribution in [3.63, 3.8) is 0 Å². The van der Waals surface area contributed by atoms with Gasteiger partial charge in [-0.2, -0.15) is 4.53 Å². The van der Waals surface area contributed by atoms with Crippen molar-refractivity contribution in [3.05, 3.63) is 64.7 Å². The normalized spacial score (nSPS) is 11.0. The van der Waals surface area contributed by atoms with Crippen molar-refractivity contribution in [1.82, 2.24) is 9.54 Å². The lowest BCUT2D eigenvalue weighted by Gasteiger charge is -2.39. The lowest BCUT2D eigenvalue weighted by Crippen LogP contribution is -2.54. The topological polar surface area (TPSA) is 49.9 Å². The maximum absolute atomic E-state index is 13.1. The van der Waals surface area contributed by atoms with E-state index >= 15 is 0 Å². The van der Waals surface area contributed by atoms with E-state index in [1.807, 2.05) is 0 Å². The molecule has 0 aliphatic carbocycles. The largest absolute Gasteiger partial charge is 0.497 e. The third-order valence-corrected chi connectivity index (χ3v) is 4.14. The molecule has 2 aromatic rings. The summed E-state index contributed by atoms with van der Waals surface area (Å²) in [4.78, 5) is 25.8. The van der Waals surface area contributed by atoms with Crippen molar-refractivity contribution in [2.45, 2.75) is 26.3 Å². The highest BCUT2D eigenvalue weighted by molar-refractivity contribution is 6.30. The molecule has 0 spiro atoms. The highest BCUT2D eigenvalue weighted by atomic mass is 35.5. The third kappa shape index (κ3) is 4.48. The van der Waals surface area contributed by atoms with E-state index in [9.17, 15) is 9.59 Å². The molecule has 0 saturated carbocycles. The summed E-state index contributed by atoms with van der Waals surface area (Å²) in [5, 5.41) is 1.71. The number of benzene rings is 2. The van der Waals surface area contributed by atoms with Gasteiger partial charge in [-0.1, -0.05) is 17.7 Å². The van der Waals surface area contributed by atoms with Gasteiger partial charge in [0.15, 0.2) is 0 Å². The summed E-state index contributed by atoms with van der Waals surface area (Å²) >= 11 is 12.2. The molecule has 0 heterocycles. The Morgan fingerprint density at radius 1 is 0.962 bits per heavy atom. The van der Waals surface area contributed by atoms with E-state index < -0.39 is 17.4 Å². The quantitative estimate of drug-likeness (QED) is 0.554. The fourth-order valence-electron chi connectivity index (χ4n) is 2.32. The van der Waals surface area contributed by atoms with Crippen LogP contribution in [0.3, 0.4) is 0 Å². The summed E-state index contributed by atoms with van der Waals surface area (Å²) in [5.74, 6) is -0.418. The zero-order chi connectivity index (χ0) is 19.5. The maximum Gasteiger partial charge on any atom is 0.287 e. The van der Waals surface area contributed by atoms with E-state index in [2.05, 4.69) is 0 Å². The van der Waals surface area contributed by atoms with Gasteiger partial charge in [-0.15, -0.1) is 0 Å². The molecule has 0 aromatic heterocycles. The molecular weight excluding hydrogens is 375 g/mol. The number of methoxy groups -OCH3 is 1. The second-order valence-corrected chi connectivity index (χ2v) is 7.35. The molecule has 138 valence electrons. The zero-order valence-corrected chi connectivity index (χ0v) is 16.5. The molecule has 0 unspecified atom stereocenters. The average Bonchev–Trinajstić information content (AvgIpc) is 2.60. The number of carbonyl (C=O) groups is 2. The van der Waals surface area contributed by atoms with Gasteiger partial charge < -0.3 is 4.74 Å². The molecule has 0 bridgehead atoms. The molecule has 2 aromatic carbocycles. The van der Waals surface area contributed by atoms with Crippen LogP contribution in [0, 0.1) is 0 Å². The van der Waals surface area contributed by atoms with Crippen molar-refractivity contribution in [2.75, 3.05) is 7.11 Å². The first kappa shape index (κ1) is 20.1. The van der Waals surface area contributed by atoms with E-state index in [0.717, 1.165) is 4.53 Å². The molecule has 2 rings (SSSR count). The van der Waals surface area contributed by atoms with Gasteiger partial charge in [0.05, 0.1) is 12.6 Å². The molecule has 7 heteroatoms. The zero-order valence-electron chi connectivity index (χ0n) is 15.0. The van der Waals surface area contributed by atoms with Crippen LogP contribution in [0.15, 0.2) is 48.5 Å². The van der Waals surface area contributed by atoms with Crippen LogP contribution in [0.25, 0.3) is 0 Å². The maximum atomic E-state index is 13.1. The predicted octanol–water partition coefficient (Wildman–Crippen LogP) is 4.80. The molecule has 0 radical (unpaired) electrons. The molecule has 26 heavy (non-hydrogen) atoms. The summed E-state index contributed by atoms with van der Waals surface area (Å²) in [5.41, 5.74) is -0.0739. The number of hydrogen-bond acceptors (Lipinski definition) is 3. The standard InChI is InChI=1S/C19H20Cl2N2O3/c1-19(2,3)22(17(24)14-6-5-7-16(12-14)26-4)23(21)18(25)13-8-10-15(20)11-9-13/h5-12H,1-4H3. The van der Waals surface area contributed by atoms with Gasteiger partial charge >= 0.3 is 0 Å². The van der Waals surface area contributed by atoms with Crippen LogP contribution in [-0.4, -0.2) is 34.0 Å². The number of ether oxygens (including phenoxy) is 1. The van der Waals surface area contributed by atoms with Crippen LogP contribution in [0.5, 0.6) is 5.75 Å². The summed E-state index contributed by atoms with van der Waals surface area (Å²) in [7, 11) is 1.52. The van der Waals surface area contributed by atoms with E-state index in [1.165, 1.54) is 12.1 Å². The highest BCUT2D eigenvalue weighted by Gasteiger charge is 2.35. The van der Waals surface area contributed by atoms with Crippen molar-refractivity contribution in [1.29, 1.82) is 0 Å². The van der Waals surface area contributed by atoms with Gasteiger partial charge in [0, 0.05) is 27.9 Å². The number of nitrogens with zero attached hydrogens (tertiary/aromatic N) is 2. The van der Waals surface area contributed by atoms with Gasteiger partial charge in [-0.3, -0.25) is 9.59 Å². The molecule has 0 fully saturated rings. The summed E-state index contributed by atoms with van der Waals surface area (Å²) in [6, 6.07) is 12.9. The Morgan fingerprint density at radius 3 is 2.12 bits per heavy atom. The van der Waals surface area contributed by atoms with Crippen LogP contribution in [0.2, 0.25) is 5.02 Å². The Balaban J connectivity index is 2.38. The first-order valence-corrected chi connectivity index (χ1v) is 8.61. The number of rotatable bonds is 3. The van der Waals surface area contributed by atoms with Gasteiger partial charge in [0.2, 0.25) is 0 Å². The predicted molar refractivity (Wildman–Crippen MR) is 102 cm³/mol. The summed E-state index contributed by atoms with van der Waals surface area (Å²) in [6.45, 7) is 5.36. The van der Waals surface area contributed by atoms with E-state index in [4.69, 9.17) is 28.1 Å². The molecule has 0 atom stereocenters. The molecule has 0 aliphatic heterocycles. The van der Waals surface area contributed by atoms with Crippen LogP contribution in [-0.2, 0) is 0 Å². The summed E-state index contributed by atoms with van der Waals surface area (Å²) < 4.78 is 5.97. The van der Waals surface area contributed by atoms with Gasteiger partial charge in [-0.05, 0) is 63.2 Å². The Kier molecular flexibility index (Phi) is 6.16. The van der Waals surface area contributed by atoms with Gasteiger partial charge in [-0.25, -0.2) is 5.01 Å². The van der Waals surface area contributed by atoms with E-state index in [0.29, 0.717) is 21.9 Å². The molecule has 0 aliphatic rings. The molecule has 5 nitrogen and oxygen atoms in total. The van der Waals surface area contributed by atoms with E-state index in [-0.39, 0.29) is 0 Å². The fraction of sp³-hybridized carbons (Fsp3) is 0.263. The minimum absolute atomic E-state index is 0.317. The van der Waals surface area contributed by atoms with Crippen molar-refractivity contribution < 1.29 is 14.3 Å². The lowest BCUT2D eigenvalue weighted by molar-refractivity contribution is -0.00372. The first-order chi connectivity index (χ1) is 12.1. The van der Waals surface area contributed by atoms with Crippen molar-refractivity contribution in [2.24, 2.45) is 0 Å². The molecular formula is C19H20Cl2N2O3. The first-order valence-electron chi connectivity index (χ1n) is 7.89. The second kappa shape index (κ2) is 7.98. The average molecular weight is 395 g/mol.